The SMILES string of the molecule is CCNC(=NCc1ncc(C)s1)NCC(c1ccc(Cl)cc1)N1CCOCC1.I. The molecule has 1 aliphatic heterocycles. The third-order valence-electron chi connectivity index (χ3n) is 4.59. The number of nitrogens with zero attached hydrogens (tertiary/aromatic N) is 3. The van der Waals surface area contributed by atoms with Gasteiger partial charge in [0.2, 0.25) is 0 Å². The zero-order valence-electron chi connectivity index (χ0n) is 16.9. The number of aromatic nitrogens is 1. The summed E-state index contributed by atoms with van der Waals surface area (Å²) in [4.78, 5) is 12.8. The Hall–Kier alpha value is -0.940. The molecule has 2 heterocycles. The molecule has 1 atom stereocenters. The lowest BCUT2D eigenvalue weighted by Crippen LogP contribution is -2.46. The highest BCUT2D eigenvalue weighted by Crippen LogP contribution is 2.23. The fourth-order valence-electron chi connectivity index (χ4n) is 3.19. The Morgan fingerprint density at radius 3 is 2.62 bits per heavy atom. The number of guanidine groups is 1. The maximum atomic E-state index is 6.09. The average molecular weight is 550 g/mol. The lowest BCUT2D eigenvalue weighted by atomic mass is 10.0. The monoisotopic (exact) mass is 549 g/mol. The summed E-state index contributed by atoms with van der Waals surface area (Å²) in [7, 11) is 0. The van der Waals surface area contributed by atoms with Crippen LogP contribution in [0.3, 0.4) is 0 Å². The van der Waals surface area contributed by atoms with E-state index in [-0.39, 0.29) is 30.0 Å². The Morgan fingerprint density at radius 2 is 2.00 bits per heavy atom. The molecular weight excluding hydrogens is 521 g/mol. The molecule has 0 aliphatic carbocycles. The third-order valence-corrected chi connectivity index (χ3v) is 5.74. The number of ether oxygens (including phenoxy) is 1. The van der Waals surface area contributed by atoms with Gasteiger partial charge in [0.15, 0.2) is 5.96 Å². The van der Waals surface area contributed by atoms with E-state index in [1.165, 1.54) is 10.4 Å². The van der Waals surface area contributed by atoms with Crippen molar-refractivity contribution in [1.82, 2.24) is 20.5 Å². The van der Waals surface area contributed by atoms with Gasteiger partial charge in [-0.1, -0.05) is 23.7 Å². The molecule has 0 spiro atoms. The topological polar surface area (TPSA) is 61.8 Å². The predicted molar refractivity (Wildman–Crippen MR) is 132 cm³/mol. The smallest absolute Gasteiger partial charge is 0.191 e. The van der Waals surface area contributed by atoms with Crippen LogP contribution in [-0.4, -0.2) is 55.2 Å². The molecule has 1 aromatic carbocycles. The van der Waals surface area contributed by atoms with Crippen molar-refractivity contribution in [3.8, 4) is 0 Å². The van der Waals surface area contributed by atoms with Gasteiger partial charge in [0.05, 0.1) is 25.8 Å². The number of halogens is 2. The normalized spacial score (nSPS) is 16.2. The van der Waals surface area contributed by atoms with Crippen LogP contribution in [0.1, 0.15) is 28.4 Å². The summed E-state index contributed by atoms with van der Waals surface area (Å²) in [6.45, 7) is 9.65. The summed E-state index contributed by atoms with van der Waals surface area (Å²) in [5.41, 5.74) is 1.24. The Labute approximate surface area is 199 Å². The predicted octanol–water partition coefficient (Wildman–Crippen LogP) is 3.85. The van der Waals surface area contributed by atoms with Gasteiger partial charge in [-0.05, 0) is 31.5 Å². The minimum Gasteiger partial charge on any atom is -0.379 e. The molecule has 29 heavy (non-hydrogen) atoms. The number of rotatable bonds is 7. The molecule has 1 aliphatic rings. The van der Waals surface area contributed by atoms with Gasteiger partial charge in [-0.2, -0.15) is 0 Å². The first-order valence-corrected chi connectivity index (χ1v) is 10.9. The first kappa shape index (κ1) is 24.3. The van der Waals surface area contributed by atoms with E-state index in [0.717, 1.165) is 55.4 Å². The highest BCUT2D eigenvalue weighted by Gasteiger charge is 2.23. The summed E-state index contributed by atoms with van der Waals surface area (Å²) >= 11 is 7.77. The fourth-order valence-corrected chi connectivity index (χ4v) is 4.03. The number of hydrogen-bond acceptors (Lipinski definition) is 5. The van der Waals surface area contributed by atoms with Gasteiger partial charge in [0.25, 0.3) is 0 Å². The van der Waals surface area contributed by atoms with Gasteiger partial charge >= 0.3 is 0 Å². The van der Waals surface area contributed by atoms with Crippen LogP contribution in [0.25, 0.3) is 0 Å². The maximum absolute atomic E-state index is 6.09. The van der Waals surface area contributed by atoms with Crippen molar-refractivity contribution in [3.05, 3.63) is 50.9 Å². The van der Waals surface area contributed by atoms with E-state index in [2.05, 4.69) is 46.5 Å². The van der Waals surface area contributed by atoms with Crippen LogP contribution in [0.15, 0.2) is 35.5 Å². The fraction of sp³-hybridized carbons (Fsp3) is 0.500. The standard InChI is InChI=1S/C20H28ClN5OS.HI/c1-3-22-20(25-14-19-23-12-15(2)28-19)24-13-18(26-8-10-27-11-9-26)16-4-6-17(21)7-5-16;/h4-7,12,18H,3,8-11,13-14H2,1-2H3,(H2,22,24,25);1H. The van der Waals surface area contributed by atoms with E-state index in [4.69, 9.17) is 21.3 Å². The highest BCUT2D eigenvalue weighted by molar-refractivity contribution is 14.0. The number of hydrogen-bond donors (Lipinski definition) is 2. The number of aliphatic imine (C=N–C) groups is 1. The van der Waals surface area contributed by atoms with Crippen LogP contribution in [0, 0.1) is 6.92 Å². The van der Waals surface area contributed by atoms with Crippen molar-refractivity contribution in [2.24, 2.45) is 4.99 Å². The Morgan fingerprint density at radius 1 is 1.28 bits per heavy atom. The second kappa shape index (κ2) is 12.7. The Kier molecular flexibility index (Phi) is 10.6. The Balaban J connectivity index is 0.00000300. The van der Waals surface area contributed by atoms with E-state index in [1.54, 1.807) is 11.3 Å². The number of benzene rings is 1. The molecule has 1 fully saturated rings. The first-order valence-electron chi connectivity index (χ1n) is 9.66. The quantitative estimate of drug-likeness (QED) is 0.312. The second-order valence-electron chi connectivity index (χ2n) is 6.66. The molecule has 1 saturated heterocycles. The molecule has 6 nitrogen and oxygen atoms in total. The van der Waals surface area contributed by atoms with Crippen molar-refractivity contribution in [3.63, 3.8) is 0 Å². The zero-order valence-corrected chi connectivity index (χ0v) is 20.8. The molecule has 2 N–H and O–H groups in total. The molecule has 0 saturated carbocycles. The summed E-state index contributed by atoms with van der Waals surface area (Å²) in [6.07, 6.45) is 1.89. The van der Waals surface area contributed by atoms with Crippen LogP contribution in [0.2, 0.25) is 5.02 Å². The molecule has 3 rings (SSSR count). The van der Waals surface area contributed by atoms with Crippen molar-refractivity contribution in [2.75, 3.05) is 39.4 Å². The second-order valence-corrected chi connectivity index (χ2v) is 8.41. The van der Waals surface area contributed by atoms with E-state index in [9.17, 15) is 0 Å². The first-order chi connectivity index (χ1) is 13.7. The molecule has 9 heteroatoms. The highest BCUT2D eigenvalue weighted by atomic mass is 127. The lowest BCUT2D eigenvalue weighted by Gasteiger charge is -2.35. The number of aryl methyl sites for hydroxylation is 1. The minimum atomic E-state index is 0. The number of thiazole rings is 1. The van der Waals surface area contributed by atoms with Gasteiger partial charge in [0.1, 0.15) is 5.01 Å². The van der Waals surface area contributed by atoms with E-state index in [0.29, 0.717) is 6.54 Å². The van der Waals surface area contributed by atoms with Crippen LogP contribution in [-0.2, 0) is 11.3 Å². The molecule has 1 unspecified atom stereocenters. The molecule has 0 amide bonds. The van der Waals surface area contributed by atoms with Crippen LogP contribution >= 0.6 is 46.9 Å². The molecular formula is C20H29ClIN5OS. The minimum absolute atomic E-state index is 0. The number of nitrogens with one attached hydrogen (secondary N) is 2. The zero-order chi connectivity index (χ0) is 19.8. The third kappa shape index (κ3) is 7.67. The summed E-state index contributed by atoms with van der Waals surface area (Å²) < 4.78 is 5.53. The van der Waals surface area contributed by atoms with Crippen molar-refractivity contribution in [1.29, 1.82) is 0 Å². The van der Waals surface area contributed by atoms with Crippen molar-refractivity contribution < 1.29 is 4.74 Å². The van der Waals surface area contributed by atoms with Gasteiger partial charge in [-0.25, -0.2) is 9.98 Å². The summed E-state index contributed by atoms with van der Waals surface area (Å²) in [5, 5.41) is 8.62. The van der Waals surface area contributed by atoms with Crippen molar-refractivity contribution >= 4 is 52.9 Å². The van der Waals surface area contributed by atoms with Gasteiger partial charge < -0.3 is 15.4 Å². The number of morpholine rings is 1. The molecule has 160 valence electrons. The van der Waals surface area contributed by atoms with Crippen LogP contribution in [0.5, 0.6) is 0 Å². The van der Waals surface area contributed by atoms with E-state index >= 15 is 0 Å². The van der Waals surface area contributed by atoms with Gasteiger partial charge in [0, 0.05) is 42.3 Å². The summed E-state index contributed by atoms with van der Waals surface area (Å²) in [6, 6.07) is 8.34. The molecule has 2 aromatic rings. The van der Waals surface area contributed by atoms with Gasteiger partial charge in [-0.15, -0.1) is 35.3 Å². The Bertz CT molecular complexity index is 764. The van der Waals surface area contributed by atoms with Gasteiger partial charge in [-0.3, -0.25) is 4.90 Å². The molecule has 0 bridgehead atoms. The maximum Gasteiger partial charge on any atom is 0.191 e. The molecule has 1 aromatic heterocycles. The largest absolute Gasteiger partial charge is 0.379 e. The van der Waals surface area contributed by atoms with Crippen LogP contribution in [0.4, 0.5) is 0 Å². The molecule has 0 radical (unpaired) electrons. The van der Waals surface area contributed by atoms with Crippen LogP contribution < -0.4 is 10.6 Å². The lowest BCUT2D eigenvalue weighted by molar-refractivity contribution is 0.0170. The average Bonchev–Trinajstić information content (AvgIpc) is 3.13. The van der Waals surface area contributed by atoms with E-state index in [1.807, 2.05) is 18.3 Å². The summed E-state index contributed by atoms with van der Waals surface area (Å²) in [5.74, 6) is 0.808. The van der Waals surface area contributed by atoms with E-state index < -0.39 is 0 Å². The van der Waals surface area contributed by atoms with Crippen molar-refractivity contribution in [2.45, 2.75) is 26.4 Å².